The number of nitrogens with zero attached hydrogens (tertiary/aromatic N) is 3. The first-order valence-electron chi connectivity index (χ1n) is 7.84. The van der Waals surface area contributed by atoms with E-state index in [2.05, 4.69) is 0 Å². The SMILES string of the molecule is CCOC(=O)C(C#N)=C(SC)C1C(=C(C#N)C#N)C=C(C)CC1(C)C. The van der Waals surface area contributed by atoms with Crippen LogP contribution in [0.5, 0.6) is 0 Å². The summed E-state index contributed by atoms with van der Waals surface area (Å²) in [5, 5.41) is 28.2. The first-order valence-corrected chi connectivity index (χ1v) is 9.06. The number of carbonyl (C=O) groups is 1. The van der Waals surface area contributed by atoms with Crippen LogP contribution in [0.25, 0.3) is 0 Å². The highest BCUT2D eigenvalue weighted by molar-refractivity contribution is 8.02. The predicted octanol–water partition coefficient (Wildman–Crippen LogP) is 4.03. The maximum absolute atomic E-state index is 12.2. The minimum absolute atomic E-state index is 0.00447. The smallest absolute Gasteiger partial charge is 0.349 e. The quantitative estimate of drug-likeness (QED) is 0.429. The Balaban J connectivity index is 3.80. The molecule has 0 spiro atoms. The predicted molar refractivity (Wildman–Crippen MR) is 96.7 cm³/mol. The fourth-order valence-electron chi connectivity index (χ4n) is 3.28. The maximum atomic E-state index is 12.2. The molecule has 6 heteroatoms. The molecule has 0 aliphatic heterocycles. The van der Waals surface area contributed by atoms with Gasteiger partial charge in [0.15, 0.2) is 0 Å². The van der Waals surface area contributed by atoms with E-state index in [1.807, 2.05) is 45.1 Å². The summed E-state index contributed by atoms with van der Waals surface area (Å²) in [5.41, 5.74) is 1.19. The van der Waals surface area contributed by atoms with E-state index in [-0.39, 0.29) is 23.2 Å². The molecule has 0 aromatic carbocycles. The number of thioether (sulfide) groups is 1. The second-order valence-corrected chi connectivity index (χ2v) is 7.27. The van der Waals surface area contributed by atoms with E-state index in [1.165, 1.54) is 11.8 Å². The molecule has 130 valence electrons. The Labute approximate surface area is 153 Å². The summed E-state index contributed by atoms with van der Waals surface area (Å²) in [5.74, 6) is -1.08. The summed E-state index contributed by atoms with van der Waals surface area (Å²) >= 11 is 1.28. The number of nitriles is 3. The molecule has 0 N–H and O–H groups in total. The van der Waals surface area contributed by atoms with Gasteiger partial charge >= 0.3 is 5.97 Å². The molecule has 0 heterocycles. The Morgan fingerprint density at radius 2 is 1.92 bits per heavy atom. The molecule has 0 saturated carbocycles. The molecule has 1 atom stereocenters. The van der Waals surface area contributed by atoms with E-state index in [4.69, 9.17) is 4.74 Å². The molecule has 0 amide bonds. The standard InChI is InChI=1S/C19H21N3O2S/c1-6-24-18(23)15(11-22)17(25-5)16-14(13(9-20)10-21)7-12(2)8-19(16,3)4/h7,16H,6,8H2,1-5H3. The Kier molecular flexibility index (Phi) is 7.04. The highest BCUT2D eigenvalue weighted by Crippen LogP contribution is 2.50. The van der Waals surface area contributed by atoms with Gasteiger partial charge in [-0.2, -0.15) is 15.8 Å². The summed E-state index contributed by atoms with van der Waals surface area (Å²) in [7, 11) is 0. The Hall–Kier alpha value is -2.49. The lowest BCUT2D eigenvalue weighted by Gasteiger charge is -2.40. The Morgan fingerprint density at radius 1 is 1.32 bits per heavy atom. The third-order valence-corrected chi connectivity index (χ3v) is 4.94. The van der Waals surface area contributed by atoms with Crippen molar-refractivity contribution < 1.29 is 9.53 Å². The molecule has 0 bridgehead atoms. The molecule has 5 nitrogen and oxygen atoms in total. The number of ether oxygens (including phenoxy) is 1. The fraction of sp³-hybridized carbons (Fsp3) is 0.474. The van der Waals surface area contributed by atoms with Gasteiger partial charge in [0.1, 0.15) is 29.4 Å². The van der Waals surface area contributed by atoms with Crippen LogP contribution in [0.2, 0.25) is 0 Å². The van der Waals surface area contributed by atoms with Crippen LogP contribution in [0.15, 0.2) is 33.3 Å². The van der Waals surface area contributed by atoms with Crippen molar-refractivity contribution in [3.63, 3.8) is 0 Å². The monoisotopic (exact) mass is 355 g/mol. The highest BCUT2D eigenvalue weighted by Gasteiger charge is 2.41. The van der Waals surface area contributed by atoms with E-state index >= 15 is 0 Å². The summed E-state index contributed by atoms with van der Waals surface area (Å²) in [6.07, 6.45) is 4.34. The number of allylic oxidation sites excluding steroid dienone is 5. The van der Waals surface area contributed by atoms with E-state index in [9.17, 15) is 20.6 Å². The first kappa shape index (κ1) is 20.6. The minimum atomic E-state index is -0.675. The second kappa shape index (κ2) is 8.56. The average molecular weight is 355 g/mol. The van der Waals surface area contributed by atoms with Gasteiger partial charge in [0.25, 0.3) is 0 Å². The van der Waals surface area contributed by atoms with Crippen molar-refractivity contribution in [3.05, 3.63) is 33.3 Å². The third kappa shape index (κ3) is 4.32. The number of hydrogen-bond donors (Lipinski definition) is 0. The molecule has 0 fully saturated rings. The minimum Gasteiger partial charge on any atom is -0.462 e. The van der Waals surface area contributed by atoms with Crippen LogP contribution in [-0.2, 0) is 9.53 Å². The van der Waals surface area contributed by atoms with Crippen LogP contribution < -0.4 is 0 Å². The van der Waals surface area contributed by atoms with Crippen molar-refractivity contribution in [3.8, 4) is 18.2 Å². The summed E-state index contributed by atoms with van der Waals surface area (Å²) < 4.78 is 5.01. The van der Waals surface area contributed by atoms with Crippen molar-refractivity contribution >= 4 is 17.7 Å². The normalized spacial score (nSPS) is 19.5. The molecule has 0 aromatic heterocycles. The van der Waals surface area contributed by atoms with Gasteiger partial charge in [-0.25, -0.2) is 4.79 Å². The van der Waals surface area contributed by atoms with Gasteiger partial charge in [0.05, 0.1) is 6.61 Å². The lowest BCUT2D eigenvalue weighted by molar-refractivity contribution is -0.138. The number of carbonyl (C=O) groups excluding carboxylic acids is 1. The van der Waals surface area contributed by atoms with Gasteiger partial charge in [0, 0.05) is 10.8 Å². The van der Waals surface area contributed by atoms with Crippen molar-refractivity contribution in [2.75, 3.05) is 12.9 Å². The highest BCUT2D eigenvalue weighted by atomic mass is 32.2. The van der Waals surface area contributed by atoms with Crippen LogP contribution in [-0.4, -0.2) is 18.8 Å². The summed E-state index contributed by atoms with van der Waals surface area (Å²) in [6.45, 7) is 7.82. The molecule has 1 unspecified atom stereocenters. The molecule has 25 heavy (non-hydrogen) atoms. The molecular formula is C19H21N3O2S. The van der Waals surface area contributed by atoms with Gasteiger partial charge < -0.3 is 4.74 Å². The van der Waals surface area contributed by atoms with Crippen LogP contribution in [0, 0.1) is 45.3 Å². The second-order valence-electron chi connectivity index (χ2n) is 6.42. The molecule has 0 saturated heterocycles. The molecule has 1 rings (SSSR count). The Bertz CT molecular complexity index is 767. The van der Waals surface area contributed by atoms with Gasteiger partial charge in [-0.15, -0.1) is 11.8 Å². The van der Waals surface area contributed by atoms with Crippen molar-refractivity contribution in [2.45, 2.75) is 34.1 Å². The van der Waals surface area contributed by atoms with Crippen LogP contribution in [0.4, 0.5) is 0 Å². The van der Waals surface area contributed by atoms with Crippen LogP contribution >= 0.6 is 11.8 Å². The van der Waals surface area contributed by atoms with E-state index in [0.29, 0.717) is 10.5 Å². The van der Waals surface area contributed by atoms with Crippen molar-refractivity contribution in [1.29, 1.82) is 15.8 Å². The fourth-order valence-corrected chi connectivity index (χ4v) is 4.29. The molecule has 1 aliphatic carbocycles. The molecule has 1 aliphatic rings. The largest absolute Gasteiger partial charge is 0.462 e. The van der Waals surface area contributed by atoms with E-state index in [0.717, 1.165) is 12.0 Å². The van der Waals surface area contributed by atoms with Crippen LogP contribution in [0.3, 0.4) is 0 Å². The third-order valence-electron chi connectivity index (χ3n) is 4.06. The number of esters is 1. The summed E-state index contributed by atoms with van der Waals surface area (Å²) in [6, 6.07) is 5.84. The van der Waals surface area contributed by atoms with E-state index in [1.54, 1.807) is 13.2 Å². The van der Waals surface area contributed by atoms with Gasteiger partial charge in [-0.05, 0) is 37.5 Å². The van der Waals surface area contributed by atoms with Gasteiger partial charge in [0.2, 0.25) is 0 Å². The van der Waals surface area contributed by atoms with Crippen molar-refractivity contribution in [1.82, 2.24) is 0 Å². The van der Waals surface area contributed by atoms with Crippen LogP contribution in [0.1, 0.15) is 34.1 Å². The number of rotatable bonds is 4. The Morgan fingerprint density at radius 3 is 2.36 bits per heavy atom. The molecule has 0 aromatic rings. The zero-order valence-corrected chi connectivity index (χ0v) is 16.0. The topological polar surface area (TPSA) is 97.7 Å². The van der Waals surface area contributed by atoms with Crippen molar-refractivity contribution in [2.24, 2.45) is 11.3 Å². The average Bonchev–Trinajstić information content (AvgIpc) is 2.53. The zero-order chi connectivity index (χ0) is 19.2. The van der Waals surface area contributed by atoms with E-state index < -0.39 is 11.9 Å². The zero-order valence-electron chi connectivity index (χ0n) is 15.1. The maximum Gasteiger partial charge on any atom is 0.349 e. The lowest BCUT2D eigenvalue weighted by atomic mass is 9.65. The number of hydrogen-bond acceptors (Lipinski definition) is 6. The summed E-state index contributed by atoms with van der Waals surface area (Å²) in [4.78, 5) is 12.8. The van der Waals surface area contributed by atoms with Gasteiger partial charge in [-0.3, -0.25) is 0 Å². The van der Waals surface area contributed by atoms with Gasteiger partial charge in [-0.1, -0.05) is 25.5 Å². The lowest BCUT2D eigenvalue weighted by Crippen LogP contribution is -2.32. The first-order chi connectivity index (χ1) is 11.8. The molecule has 0 radical (unpaired) electrons. The molecular weight excluding hydrogens is 334 g/mol.